The zero-order valence-corrected chi connectivity index (χ0v) is 16.5. The molecule has 26 heavy (non-hydrogen) atoms. The predicted octanol–water partition coefficient (Wildman–Crippen LogP) is 1.59. The highest BCUT2D eigenvalue weighted by Gasteiger charge is 2.29. The van der Waals surface area contributed by atoms with E-state index in [9.17, 15) is 13.2 Å². The molecule has 1 aliphatic heterocycles. The van der Waals surface area contributed by atoms with Gasteiger partial charge in [0.15, 0.2) is 0 Å². The fraction of sp³-hybridized carbons (Fsp3) is 0.611. The van der Waals surface area contributed by atoms with Crippen molar-refractivity contribution in [3.05, 3.63) is 24.3 Å². The highest BCUT2D eigenvalue weighted by molar-refractivity contribution is 7.89. The van der Waals surface area contributed by atoms with Gasteiger partial charge in [0.25, 0.3) is 0 Å². The standard InChI is InChI=1S/C18H28N2O5S/c1-15(2)14-25-13-8-18(21)19-9-11-20(12-10-19)26(22,23)17-6-4-16(24-3)5-7-17/h4-7,15H,8-14H2,1-3H3. The Labute approximate surface area is 155 Å². The van der Waals surface area contributed by atoms with E-state index in [-0.39, 0.29) is 10.8 Å². The average molecular weight is 384 g/mol. The van der Waals surface area contributed by atoms with Gasteiger partial charge in [-0.05, 0) is 30.2 Å². The van der Waals surface area contributed by atoms with Crippen molar-refractivity contribution in [3.63, 3.8) is 0 Å². The molecule has 0 unspecified atom stereocenters. The number of rotatable bonds is 8. The molecule has 1 aromatic carbocycles. The third kappa shape index (κ3) is 5.43. The van der Waals surface area contributed by atoms with Gasteiger partial charge >= 0.3 is 0 Å². The molecule has 0 radical (unpaired) electrons. The van der Waals surface area contributed by atoms with Crippen LogP contribution in [0.15, 0.2) is 29.2 Å². The topological polar surface area (TPSA) is 76.2 Å². The molecule has 0 aliphatic carbocycles. The van der Waals surface area contributed by atoms with Crippen LogP contribution in [0.25, 0.3) is 0 Å². The lowest BCUT2D eigenvalue weighted by Gasteiger charge is -2.34. The van der Waals surface area contributed by atoms with Crippen molar-refractivity contribution in [2.24, 2.45) is 5.92 Å². The predicted molar refractivity (Wildman–Crippen MR) is 98.6 cm³/mol. The fourth-order valence-corrected chi connectivity index (χ4v) is 4.13. The van der Waals surface area contributed by atoms with E-state index in [1.54, 1.807) is 17.0 Å². The number of ether oxygens (including phenoxy) is 2. The average Bonchev–Trinajstić information content (AvgIpc) is 2.65. The summed E-state index contributed by atoms with van der Waals surface area (Å²) in [6, 6.07) is 6.34. The van der Waals surface area contributed by atoms with Crippen LogP contribution in [0, 0.1) is 5.92 Å². The Bertz CT molecular complexity index is 680. The normalized spacial score (nSPS) is 16.1. The fourth-order valence-electron chi connectivity index (χ4n) is 2.71. The summed E-state index contributed by atoms with van der Waals surface area (Å²) in [7, 11) is -2.02. The van der Waals surface area contributed by atoms with E-state index in [1.807, 2.05) is 0 Å². The molecule has 0 aromatic heterocycles. The minimum Gasteiger partial charge on any atom is -0.497 e. The summed E-state index contributed by atoms with van der Waals surface area (Å²) in [5.74, 6) is 1.06. The van der Waals surface area contributed by atoms with Crippen LogP contribution in [-0.4, -0.2) is 70.0 Å². The van der Waals surface area contributed by atoms with E-state index in [1.165, 1.54) is 23.5 Å². The second kappa shape index (κ2) is 9.34. The van der Waals surface area contributed by atoms with Gasteiger partial charge in [-0.25, -0.2) is 8.42 Å². The Morgan fingerprint density at radius 1 is 1.12 bits per heavy atom. The Morgan fingerprint density at radius 3 is 2.27 bits per heavy atom. The molecule has 2 rings (SSSR count). The molecule has 1 saturated heterocycles. The van der Waals surface area contributed by atoms with Gasteiger partial charge in [0, 0.05) is 32.8 Å². The van der Waals surface area contributed by atoms with Gasteiger partial charge in [0.05, 0.1) is 25.0 Å². The van der Waals surface area contributed by atoms with Gasteiger partial charge in [-0.2, -0.15) is 4.31 Å². The third-order valence-electron chi connectivity index (χ3n) is 4.20. The molecule has 0 N–H and O–H groups in total. The molecular weight excluding hydrogens is 356 g/mol. The summed E-state index contributed by atoms with van der Waals surface area (Å²) in [4.78, 5) is 14.1. The van der Waals surface area contributed by atoms with Crippen molar-refractivity contribution in [2.45, 2.75) is 25.2 Å². The maximum absolute atomic E-state index is 12.7. The first-order valence-corrected chi connectivity index (χ1v) is 10.3. The van der Waals surface area contributed by atoms with Gasteiger partial charge in [0.1, 0.15) is 5.75 Å². The van der Waals surface area contributed by atoms with Gasteiger partial charge in [-0.15, -0.1) is 0 Å². The maximum atomic E-state index is 12.7. The monoisotopic (exact) mass is 384 g/mol. The first-order valence-electron chi connectivity index (χ1n) is 8.84. The van der Waals surface area contributed by atoms with Crippen LogP contribution >= 0.6 is 0 Å². The third-order valence-corrected chi connectivity index (χ3v) is 6.11. The summed E-state index contributed by atoms with van der Waals surface area (Å²) in [5.41, 5.74) is 0. The van der Waals surface area contributed by atoms with E-state index in [0.717, 1.165) is 0 Å². The van der Waals surface area contributed by atoms with E-state index in [2.05, 4.69) is 13.8 Å². The number of benzene rings is 1. The summed E-state index contributed by atoms with van der Waals surface area (Å²) in [6.45, 7) is 6.56. The van der Waals surface area contributed by atoms with Crippen LogP contribution < -0.4 is 4.74 Å². The number of hydrogen-bond donors (Lipinski definition) is 0. The molecular formula is C18H28N2O5S. The quantitative estimate of drug-likeness (QED) is 0.636. The van der Waals surface area contributed by atoms with Crippen molar-refractivity contribution in [2.75, 3.05) is 46.5 Å². The van der Waals surface area contributed by atoms with Crippen LogP contribution in [0.3, 0.4) is 0 Å². The molecule has 1 amide bonds. The SMILES string of the molecule is COc1ccc(S(=O)(=O)N2CCN(C(=O)CCOCC(C)C)CC2)cc1. The Kier molecular flexibility index (Phi) is 7.43. The van der Waals surface area contributed by atoms with Gasteiger partial charge in [0.2, 0.25) is 15.9 Å². The van der Waals surface area contributed by atoms with Crippen LogP contribution in [0.1, 0.15) is 20.3 Å². The van der Waals surface area contributed by atoms with E-state index in [4.69, 9.17) is 9.47 Å². The van der Waals surface area contributed by atoms with Crippen molar-refractivity contribution in [1.29, 1.82) is 0 Å². The lowest BCUT2D eigenvalue weighted by atomic mass is 10.2. The molecule has 8 heteroatoms. The van der Waals surface area contributed by atoms with E-state index >= 15 is 0 Å². The van der Waals surface area contributed by atoms with Crippen LogP contribution in [-0.2, 0) is 19.6 Å². The number of amides is 1. The summed E-state index contributed by atoms with van der Waals surface area (Å²) in [6.07, 6.45) is 0.331. The second-order valence-electron chi connectivity index (χ2n) is 6.68. The van der Waals surface area contributed by atoms with Gasteiger partial charge in [-0.1, -0.05) is 13.8 Å². The summed E-state index contributed by atoms with van der Waals surface area (Å²) < 4.78 is 37.3. The second-order valence-corrected chi connectivity index (χ2v) is 8.62. The molecule has 0 bridgehead atoms. The lowest BCUT2D eigenvalue weighted by molar-refractivity contribution is -0.133. The largest absolute Gasteiger partial charge is 0.497 e. The first kappa shape index (κ1) is 20.7. The zero-order chi connectivity index (χ0) is 19.2. The van der Waals surface area contributed by atoms with Crippen LogP contribution in [0.4, 0.5) is 0 Å². The number of hydrogen-bond acceptors (Lipinski definition) is 5. The Morgan fingerprint density at radius 2 is 1.73 bits per heavy atom. The Balaban J connectivity index is 1.85. The minimum absolute atomic E-state index is 0.00949. The molecule has 0 saturated carbocycles. The number of methoxy groups -OCH3 is 1. The van der Waals surface area contributed by atoms with Crippen molar-refractivity contribution < 1.29 is 22.7 Å². The Hall–Kier alpha value is -1.64. The molecule has 1 heterocycles. The number of nitrogens with zero attached hydrogens (tertiary/aromatic N) is 2. The zero-order valence-electron chi connectivity index (χ0n) is 15.7. The highest BCUT2D eigenvalue weighted by Crippen LogP contribution is 2.20. The van der Waals surface area contributed by atoms with Gasteiger partial charge in [-0.3, -0.25) is 4.79 Å². The summed E-state index contributed by atoms with van der Waals surface area (Å²) in [5, 5.41) is 0. The minimum atomic E-state index is -3.55. The molecule has 0 atom stereocenters. The number of carbonyl (C=O) groups excluding carboxylic acids is 1. The molecule has 0 spiro atoms. The van der Waals surface area contributed by atoms with Crippen molar-refractivity contribution >= 4 is 15.9 Å². The first-order chi connectivity index (χ1) is 12.3. The molecule has 1 fully saturated rings. The van der Waals surface area contributed by atoms with Crippen molar-refractivity contribution in [1.82, 2.24) is 9.21 Å². The number of sulfonamides is 1. The highest BCUT2D eigenvalue weighted by atomic mass is 32.2. The van der Waals surface area contributed by atoms with Crippen molar-refractivity contribution in [3.8, 4) is 5.75 Å². The number of piperazine rings is 1. The maximum Gasteiger partial charge on any atom is 0.243 e. The smallest absolute Gasteiger partial charge is 0.243 e. The number of carbonyl (C=O) groups is 1. The molecule has 1 aliphatic rings. The van der Waals surface area contributed by atoms with Gasteiger partial charge < -0.3 is 14.4 Å². The molecule has 7 nitrogen and oxygen atoms in total. The van der Waals surface area contributed by atoms with E-state index < -0.39 is 10.0 Å². The van der Waals surface area contributed by atoms with E-state index in [0.29, 0.717) is 57.5 Å². The summed E-state index contributed by atoms with van der Waals surface area (Å²) >= 11 is 0. The molecule has 1 aromatic rings. The van der Waals surface area contributed by atoms with Crippen LogP contribution in [0.5, 0.6) is 5.75 Å². The molecule has 146 valence electrons. The van der Waals surface area contributed by atoms with Crippen LogP contribution in [0.2, 0.25) is 0 Å². The lowest BCUT2D eigenvalue weighted by Crippen LogP contribution is -2.50.